The summed E-state index contributed by atoms with van der Waals surface area (Å²) in [5, 5.41) is 15.5. The van der Waals surface area contributed by atoms with Crippen LogP contribution in [-0.4, -0.2) is 64.7 Å². The number of benzene rings is 2. The summed E-state index contributed by atoms with van der Waals surface area (Å²) in [4.78, 5) is 41.5. The zero-order valence-corrected chi connectivity index (χ0v) is 23.4. The van der Waals surface area contributed by atoms with Crippen LogP contribution in [0.15, 0.2) is 48.5 Å². The van der Waals surface area contributed by atoms with Gasteiger partial charge in [-0.25, -0.2) is 4.79 Å². The van der Waals surface area contributed by atoms with Gasteiger partial charge in [0, 0.05) is 12.2 Å². The first-order chi connectivity index (χ1) is 17.5. The number of rotatable bonds is 11. The highest BCUT2D eigenvalue weighted by atomic mass is 32.2. The molecule has 2 aromatic rings. The molecule has 0 spiro atoms. The lowest BCUT2D eigenvalue weighted by atomic mass is 10.0. The normalized spacial score (nSPS) is 12.8. The third kappa shape index (κ3) is 9.40. The monoisotopic (exact) mass is 529 g/mol. The van der Waals surface area contributed by atoms with E-state index in [1.165, 1.54) is 16.7 Å². The van der Waals surface area contributed by atoms with Gasteiger partial charge in [0.05, 0.1) is 6.61 Å². The molecule has 0 fully saturated rings. The average molecular weight is 530 g/mol. The standard InChI is InChI=1S/C28H39N3O5S/c1-19-11-13-21(14-12-19)24(25(33)29-22-10-8-7-9-20(22)2)31(16-17-32)26(34)23(15-18-37-6)30-27(35)36-28(3,4)5/h7-14,23-24,32H,15-18H2,1-6H3,(H,29,33)(H,30,35). The van der Waals surface area contributed by atoms with E-state index in [0.717, 1.165) is 11.1 Å². The van der Waals surface area contributed by atoms with Gasteiger partial charge in [0.1, 0.15) is 17.7 Å². The van der Waals surface area contributed by atoms with Gasteiger partial charge in [-0.1, -0.05) is 48.0 Å². The minimum absolute atomic E-state index is 0.0929. The molecule has 8 nitrogen and oxygen atoms in total. The van der Waals surface area contributed by atoms with Crippen molar-refractivity contribution in [1.29, 1.82) is 0 Å². The number of aliphatic hydroxyl groups is 1. The zero-order valence-electron chi connectivity index (χ0n) is 22.5. The molecule has 37 heavy (non-hydrogen) atoms. The second kappa shape index (κ2) is 14.0. The molecule has 0 radical (unpaired) electrons. The molecule has 0 saturated heterocycles. The summed E-state index contributed by atoms with van der Waals surface area (Å²) in [5.74, 6) is -0.288. The number of alkyl carbamates (subject to hydrolysis) is 1. The lowest BCUT2D eigenvalue weighted by molar-refractivity contribution is -0.141. The highest BCUT2D eigenvalue weighted by molar-refractivity contribution is 7.98. The Hall–Kier alpha value is -3.04. The summed E-state index contributed by atoms with van der Waals surface area (Å²) in [7, 11) is 0. The molecule has 2 atom stereocenters. The second-order valence-electron chi connectivity index (χ2n) is 9.85. The van der Waals surface area contributed by atoms with E-state index < -0.39 is 35.6 Å². The van der Waals surface area contributed by atoms with E-state index >= 15 is 0 Å². The third-order valence-corrected chi connectivity index (χ3v) is 6.22. The molecule has 2 unspecified atom stereocenters. The number of nitrogens with one attached hydrogen (secondary N) is 2. The van der Waals surface area contributed by atoms with Crippen molar-refractivity contribution in [2.45, 2.75) is 58.7 Å². The Labute approximate surface area is 224 Å². The van der Waals surface area contributed by atoms with E-state index in [1.54, 1.807) is 39.0 Å². The van der Waals surface area contributed by atoms with Crippen LogP contribution < -0.4 is 10.6 Å². The van der Waals surface area contributed by atoms with Crippen LogP contribution in [0.1, 0.15) is 49.9 Å². The fraction of sp³-hybridized carbons (Fsp3) is 0.464. The van der Waals surface area contributed by atoms with Crippen molar-refractivity contribution >= 4 is 35.4 Å². The van der Waals surface area contributed by atoms with Gasteiger partial charge in [0.25, 0.3) is 5.91 Å². The van der Waals surface area contributed by atoms with Crippen LogP contribution in [0.25, 0.3) is 0 Å². The zero-order chi connectivity index (χ0) is 27.6. The molecule has 0 aliphatic rings. The molecule has 2 aromatic carbocycles. The Morgan fingerprint density at radius 3 is 2.27 bits per heavy atom. The SMILES string of the molecule is CSCCC(NC(=O)OC(C)(C)C)C(=O)N(CCO)C(C(=O)Nc1ccccc1C)c1ccc(C)cc1. The van der Waals surface area contributed by atoms with E-state index in [2.05, 4.69) is 10.6 Å². The fourth-order valence-corrected chi connectivity index (χ4v) is 4.22. The van der Waals surface area contributed by atoms with Gasteiger partial charge < -0.3 is 25.4 Å². The summed E-state index contributed by atoms with van der Waals surface area (Å²) in [6.07, 6.45) is 1.53. The molecule has 0 bridgehead atoms. The first kappa shape index (κ1) is 30.2. The molecule has 3 N–H and O–H groups in total. The van der Waals surface area contributed by atoms with Crippen LogP contribution in [0.2, 0.25) is 0 Å². The van der Waals surface area contributed by atoms with Crippen molar-refractivity contribution in [2.24, 2.45) is 0 Å². The number of hydrogen-bond donors (Lipinski definition) is 3. The first-order valence-electron chi connectivity index (χ1n) is 12.3. The number of para-hydroxylation sites is 1. The van der Waals surface area contributed by atoms with Crippen molar-refractivity contribution in [3.8, 4) is 0 Å². The predicted molar refractivity (Wildman–Crippen MR) is 149 cm³/mol. The molecule has 0 aliphatic heterocycles. The molecule has 0 saturated carbocycles. The minimum atomic E-state index is -1.03. The van der Waals surface area contributed by atoms with E-state index in [1.807, 2.05) is 50.4 Å². The summed E-state index contributed by atoms with van der Waals surface area (Å²) < 4.78 is 5.38. The van der Waals surface area contributed by atoms with Gasteiger partial charge in [-0.15, -0.1) is 0 Å². The van der Waals surface area contributed by atoms with E-state index in [9.17, 15) is 19.5 Å². The third-order valence-electron chi connectivity index (χ3n) is 5.58. The van der Waals surface area contributed by atoms with Gasteiger partial charge >= 0.3 is 6.09 Å². The quantitative estimate of drug-likeness (QED) is 0.397. The van der Waals surface area contributed by atoms with Crippen LogP contribution in [0.5, 0.6) is 0 Å². The Morgan fingerprint density at radius 2 is 1.70 bits per heavy atom. The van der Waals surface area contributed by atoms with Gasteiger partial charge in [0.2, 0.25) is 5.91 Å². The number of nitrogens with zero attached hydrogens (tertiary/aromatic N) is 1. The topological polar surface area (TPSA) is 108 Å². The van der Waals surface area contributed by atoms with Gasteiger partial charge in [-0.2, -0.15) is 11.8 Å². The van der Waals surface area contributed by atoms with Gasteiger partial charge in [-0.05, 0) is 70.2 Å². The number of carbonyl (C=O) groups excluding carboxylic acids is 3. The number of amides is 3. The average Bonchev–Trinajstić information content (AvgIpc) is 2.82. The smallest absolute Gasteiger partial charge is 0.408 e. The van der Waals surface area contributed by atoms with Crippen LogP contribution in [0.4, 0.5) is 10.5 Å². The highest BCUT2D eigenvalue weighted by Gasteiger charge is 2.36. The lowest BCUT2D eigenvalue weighted by Gasteiger charge is -2.34. The van der Waals surface area contributed by atoms with Gasteiger partial charge in [-0.3, -0.25) is 9.59 Å². The lowest BCUT2D eigenvalue weighted by Crippen LogP contribution is -2.53. The van der Waals surface area contributed by atoms with Crippen molar-refractivity contribution in [3.05, 3.63) is 65.2 Å². The molecule has 2 rings (SSSR count). The second-order valence-corrected chi connectivity index (χ2v) is 10.8. The van der Waals surface area contributed by atoms with Crippen LogP contribution in [0.3, 0.4) is 0 Å². The molecule has 0 aliphatic carbocycles. The number of thioether (sulfide) groups is 1. The fourth-order valence-electron chi connectivity index (χ4n) is 3.75. The van der Waals surface area contributed by atoms with Crippen LogP contribution in [-0.2, 0) is 14.3 Å². The van der Waals surface area contributed by atoms with Gasteiger partial charge in [0.15, 0.2) is 0 Å². The maximum Gasteiger partial charge on any atom is 0.408 e. The summed E-state index contributed by atoms with van der Waals surface area (Å²) in [6, 6.07) is 12.8. The first-order valence-corrected chi connectivity index (χ1v) is 13.7. The van der Waals surface area contributed by atoms with E-state index in [-0.39, 0.29) is 13.2 Å². The molecule has 0 aromatic heterocycles. The minimum Gasteiger partial charge on any atom is -0.444 e. The summed E-state index contributed by atoms with van der Waals surface area (Å²) >= 11 is 1.54. The van der Waals surface area contributed by atoms with Crippen molar-refractivity contribution in [2.75, 3.05) is 30.5 Å². The highest BCUT2D eigenvalue weighted by Crippen LogP contribution is 2.26. The Balaban J connectivity index is 2.47. The Bertz CT molecular complexity index is 1050. The van der Waals surface area contributed by atoms with Crippen LogP contribution in [0, 0.1) is 13.8 Å². The number of hydrogen-bond acceptors (Lipinski definition) is 6. The van der Waals surface area contributed by atoms with Crippen molar-refractivity contribution < 1.29 is 24.2 Å². The number of aryl methyl sites for hydroxylation is 2. The number of aliphatic hydroxyl groups excluding tert-OH is 1. The molecule has 0 heterocycles. The Morgan fingerprint density at radius 1 is 1.05 bits per heavy atom. The number of anilines is 1. The Kier molecular flexibility index (Phi) is 11.5. The molecular weight excluding hydrogens is 490 g/mol. The maximum absolute atomic E-state index is 13.9. The predicted octanol–water partition coefficient (Wildman–Crippen LogP) is 4.45. The molecule has 9 heteroatoms. The van der Waals surface area contributed by atoms with E-state index in [0.29, 0.717) is 23.4 Å². The van der Waals surface area contributed by atoms with Crippen LogP contribution >= 0.6 is 11.8 Å². The summed E-state index contributed by atoms with van der Waals surface area (Å²) in [5.41, 5.74) is 2.38. The number of ether oxygens (including phenoxy) is 1. The maximum atomic E-state index is 13.9. The van der Waals surface area contributed by atoms with E-state index in [4.69, 9.17) is 4.74 Å². The summed E-state index contributed by atoms with van der Waals surface area (Å²) in [6.45, 7) is 8.60. The molecule has 3 amide bonds. The van der Waals surface area contributed by atoms with Crippen molar-refractivity contribution in [1.82, 2.24) is 10.2 Å². The molecular formula is C28H39N3O5S. The largest absolute Gasteiger partial charge is 0.444 e. The van der Waals surface area contributed by atoms with Crippen molar-refractivity contribution in [3.63, 3.8) is 0 Å². The number of carbonyl (C=O) groups is 3. The molecule has 202 valence electrons.